The predicted octanol–water partition coefficient (Wildman–Crippen LogP) is 3.05. The Balaban J connectivity index is 1.61. The molecule has 0 aliphatic carbocycles. The van der Waals surface area contributed by atoms with Crippen LogP contribution < -0.4 is 14.8 Å². The van der Waals surface area contributed by atoms with Crippen molar-refractivity contribution in [1.82, 2.24) is 10.2 Å². The molecule has 0 amide bonds. The van der Waals surface area contributed by atoms with Gasteiger partial charge in [0.1, 0.15) is 12.9 Å². The number of methoxy groups -OCH3 is 1. The largest absolute Gasteiger partial charge is 0.493 e. The average Bonchev–Trinajstić information content (AvgIpc) is 2.72. The van der Waals surface area contributed by atoms with Gasteiger partial charge in [0, 0.05) is 37.8 Å². The van der Waals surface area contributed by atoms with Crippen molar-refractivity contribution in [3.05, 3.63) is 59.2 Å². The van der Waals surface area contributed by atoms with Crippen LogP contribution in [-0.4, -0.2) is 44.5 Å². The minimum Gasteiger partial charge on any atom is -0.493 e. The van der Waals surface area contributed by atoms with Crippen LogP contribution in [0.2, 0.25) is 0 Å². The molecule has 1 aliphatic heterocycles. The van der Waals surface area contributed by atoms with Crippen molar-refractivity contribution < 1.29 is 14.3 Å². The van der Waals surface area contributed by atoms with Crippen molar-refractivity contribution in [3.8, 4) is 11.5 Å². The first-order valence-electron chi connectivity index (χ1n) is 9.01. The molecule has 1 heterocycles. The number of hydrogen-bond acceptors (Lipinski definition) is 5. The molecule has 0 aromatic heterocycles. The maximum atomic E-state index is 10.9. The molecule has 2 aromatic carbocycles. The molecule has 26 heavy (non-hydrogen) atoms. The minimum atomic E-state index is 0.419. The lowest BCUT2D eigenvalue weighted by atomic mass is 10.0. The Hall–Kier alpha value is -2.37. The van der Waals surface area contributed by atoms with E-state index < -0.39 is 0 Å². The molecule has 5 nitrogen and oxygen atoms in total. The molecule has 0 radical (unpaired) electrons. The Kier molecular flexibility index (Phi) is 6.26. The van der Waals surface area contributed by atoms with Gasteiger partial charge < -0.3 is 14.8 Å². The number of benzene rings is 2. The molecule has 1 aliphatic rings. The summed E-state index contributed by atoms with van der Waals surface area (Å²) in [6.07, 6.45) is 0.796. The molecule has 0 spiro atoms. The lowest BCUT2D eigenvalue weighted by Gasteiger charge is -2.33. The summed E-state index contributed by atoms with van der Waals surface area (Å²) in [5, 5.41) is 3.39. The van der Waals surface area contributed by atoms with E-state index in [1.807, 2.05) is 0 Å². The smallest absolute Gasteiger partial charge is 0.161 e. The SMILES string of the molecule is COc1cc(C=O)ccc1OCc1ccc(C(C)N2CCNCC2)cc1. The lowest BCUT2D eigenvalue weighted by molar-refractivity contribution is 0.112. The number of piperazine rings is 1. The van der Waals surface area contributed by atoms with Crippen LogP contribution in [0.3, 0.4) is 0 Å². The molecular weight excluding hydrogens is 328 g/mol. The second kappa shape index (κ2) is 8.83. The third-order valence-electron chi connectivity index (χ3n) is 4.88. The van der Waals surface area contributed by atoms with E-state index in [0.717, 1.165) is 38.0 Å². The summed E-state index contributed by atoms with van der Waals surface area (Å²) in [6, 6.07) is 14.2. The van der Waals surface area contributed by atoms with Crippen molar-refractivity contribution >= 4 is 6.29 Å². The fraction of sp³-hybridized carbons (Fsp3) is 0.381. The highest BCUT2D eigenvalue weighted by atomic mass is 16.5. The highest BCUT2D eigenvalue weighted by Gasteiger charge is 2.17. The molecule has 138 valence electrons. The molecule has 0 saturated carbocycles. The summed E-state index contributed by atoms with van der Waals surface area (Å²) in [4.78, 5) is 13.4. The summed E-state index contributed by atoms with van der Waals surface area (Å²) < 4.78 is 11.2. The summed E-state index contributed by atoms with van der Waals surface area (Å²) in [5.41, 5.74) is 2.99. The van der Waals surface area contributed by atoms with Crippen LogP contribution in [0.15, 0.2) is 42.5 Å². The van der Waals surface area contributed by atoms with E-state index in [1.165, 1.54) is 5.56 Å². The summed E-state index contributed by atoms with van der Waals surface area (Å²) >= 11 is 0. The summed E-state index contributed by atoms with van der Waals surface area (Å²) in [6.45, 7) is 7.00. The second-order valence-electron chi connectivity index (χ2n) is 6.52. The molecule has 1 unspecified atom stereocenters. The zero-order valence-corrected chi connectivity index (χ0v) is 15.4. The van der Waals surface area contributed by atoms with E-state index in [4.69, 9.17) is 9.47 Å². The highest BCUT2D eigenvalue weighted by Crippen LogP contribution is 2.28. The van der Waals surface area contributed by atoms with Crippen molar-refractivity contribution in [2.45, 2.75) is 19.6 Å². The van der Waals surface area contributed by atoms with E-state index in [-0.39, 0.29) is 0 Å². The Morgan fingerprint density at radius 3 is 2.50 bits per heavy atom. The lowest BCUT2D eigenvalue weighted by Crippen LogP contribution is -2.44. The third-order valence-corrected chi connectivity index (χ3v) is 4.88. The third kappa shape index (κ3) is 4.42. The Labute approximate surface area is 154 Å². The fourth-order valence-electron chi connectivity index (χ4n) is 3.21. The minimum absolute atomic E-state index is 0.419. The van der Waals surface area contributed by atoms with Gasteiger partial charge >= 0.3 is 0 Å². The first-order valence-corrected chi connectivity index (χ1v) is 9.01. The van der Waals surface area contributed by atoms with Gasteiger partial charge in [-0.25, -0.2) is 0 Å². The van der Waals surface area contributed by atoms with Crippen LogP contribution in [0.25, 0.3) is 0 Å². The van der Waals surface area contributed by atoms with Gasteiger partial charge in [-0.1, -0.05) is 24.3 Å². The first-order chi connectivity index (χ1) is 12.7. The zero-order valence-electron chi connectivity index (χ0n) is 15.4. The Bertz CT molecular complexity index is 725. The monoisotopic (exact) mass is 354 g/mol. The number of rotatable bonds is 7. The standard InChI is InChI=1S/C21H26N2O3/c1-16(23-11-9-22-10-12-23)19-6-3-17(4-7-19)15-26-20-8-5-18(14-24)13-21(20)25-2/h3-8,13-14,16,22H,9-12,15H2,1-2H3. The van der Waals surface area contributed by atoms with Gasteiger partial charge in [0.25, 0.3) is 0 Å². The van der Waals surface area contributed by atoms with Crippen molar-refractivity contribution in [1.29, 1.82) is 0 Å². The predicted molar refractivity (Wildman–Crippen MR) is 102 cm³/mol. The number of nitrogens with one attached hydrogen (secondary N) is 1. The van der Waals surface area contributed by atoms with Gasteiger partial charge in [0.2, 0.25) is 0 Å². The molecule has 1 N–H and O–H groups in total. The Morgan fingerprint density at radius 1 is 1.12 bits per heavy atom. The van der Waals surface area contributed by atoms with Crippen LogP contribution in [0.1, 0.15) is 34.5 Å². The summed E-state index contributed by atoms with van der Waals surface area (Å²) in [7, 11) is 1.57. The van der Waals surface area contributed by atoms with E-state index >= 15 is 0 Å². The summed E-state index contributed by atoms with van der Waals surface area (Å²) in [5.74, 6) is 1.20. The second-order valence-corrected chi connectivity index (χ2v) is 6.52. The van der Waals surface area contributed by atoms with E-state index in [0.29, 0.717) is 29.7 Å². The number of carbonyl (C=O) groups excluding carboxylic acids is 1. The van der Waals surface area contributed by atoms with E-state index in [1.54, 1.807) is 25.3 Å². The van der Waals surface area contributed by atoms with E-state index in [2.05, 4.69) is 41.4 Å². The van der Waals surface area contributed by atoms with Gasteiger partial charge in [-0.2, -0.15) is 0 Å². The maximum Gasteiger partial charge on any atom is 0.161 e. The van der Waals surface area contributed by atoms with Crippen molar-refractivity contribution in [2.75, 3.05) is 33.3 Å². The van der Waals surface area contributed by atoms with Gasteiger partial charge in [-0.15, -0.1) is 0 Å². The zero-order chi connectivity index (χ0) is 18.4. The number of hydrogen-bond donors (Lipinski definition) is 1. The number of nitrogens with zero attached hydrogens (tertiary/aromatic N) is 1. The van der Waals surface area contributed by atoms with Crippen LogP contribution in [-0.2, 0) is 6.61 Å². The molecule has 1 atom stereocenters. The van der Waals surface area contributed by atoms with Gasteiger partial charge in [0.05, 0.1) is 7.11 Å². The van der Waals surface area contributed by atoms with Crippen LogP contribution in [0.5, 0.6) is 11.5 Å². The normalized spacial score (nSPS) is 16.1. The Morgan fingerprint density at radius 2 is 1.85 bits per heavy atom. The molecule has 5 heteroatoms. The van der Waals surface area contributed by atoms with Crippen LogP contribution >= 0.6 is 0 Å². The van der Waals surface area contributed by atoms with Crippen LogP contribution in [0.4, 0.5) is 0 Å². The van der Waals surface area contributed by atoms with Crippen LogP contribution in [0, 0.1) is 0 Å². The van der Waals surface area contributed by atoms with Gasteiger partial charge in [-0.3, -0.25) is 9.69 Å². The average molecular weight is 354 g/mol. The molecule has 0 bridgehead atoms. The number of carbonyl (C=O) groups is 1. The number of ether oxygens (including phenoxy) is 2. The highest BCUT2D eigenvalue weighted by molar-refractivity contribution is 5.76. The quantitative estimate of drug-likeness (QED) is 0.775. The molecule has 3 rings (SSSR count). The molecular formula is C21H26N2O3. The van der Waals surface area contributed by atoms with Crippen molar-refractivity contribution in [2.24, 2.45) is 0 Å². The molecule has 1 fully saturated rings. The van der Waals surface area contributed by atoms with Gasteiger partial charge in [-0.05, 0) is 36.2 Å². The maximum absolute atomic E-state index is 10.9. The molecule has 1 saturated heterocycles. The fourth-order valence-corrected chi connectivity index (χ4v) is 3.21. The van der Waals surface area contributed by atoms with E-state index in [9.17, 15) is 4.79 Å². The number of aldehydes is 1. The molecule has 2 aromatic rings. The van der Waals surface area contributed by atoms with Gasteiger partial charge in [0.15, 0.2) is 11.5 Å². The first kappa shape index (κ1) is 18.4. The van der Waals surface area contributed by atoms with Crippen molar-refractivity contribution in [3.63, 3.8) is 0 Å². The topological polar surface area (TPSA) is 50.8 Å².